The highest BCUT2D eigenvalue weighted by Crippen LogP contribution is 2.29. The lowest BCUT2D eigenvalue weighted by Crippen LogP contribution is -2.17. The monoisotopic (exact) mass is 229 g/mol. The van der Waals surface area contributed by atoms with Gasteiger partial charge in [-0.15, -0.1) is 0 Å². The largest absolute Gasteiger partial charge is 0.262 e. The van der Waals surface area contributed by atoms with Crippen LogP contribution in [0.1, 0.15) is 48.0 Å². The molecule has 0 bridgehead atoms. The summed E-state index contributed by atoms with van der Waals surface area (Å²) >= 11 is 0. The van der Waals surface area contributed by atoms with E-state index in [1.807, 2.05) is 20.8 Å². The molecule has 0 aliphatic carbocycles. The first-order chi connectivity index (χ1) is 6.45. The number of hydrogen-bond donors (Lipinski definition) is 0. The molecule has 0 saturated heterocycles. The molecule has 0 fully saturated rings. The molecule has 0 amide bonds. The van der Waals surface area contributed by atoms with Gasteiger partial charge in [-0.2, -0.15) is 9.90 Å². The zero-order valence-corrected chi connectivity index (χ0v) is 12.8. The van der Waals surface area contributed by atoms with Gasteiger partial charge in [0.1, 0.15) is 0 Å². The molecule has 1 atom stereocenters. The zero-order valence-electron chi connectivity index (χ0n) is 11.4. The summed E-state index contributed by atoms with van der Waals surface area (Å²) < 4.78 is 0. The summed E-state index contributed by atoms with van der Waals surface area (Å²) in [6.45, 7) is 20.1. The maximum atomic E-state index is 4.12. The fourth-order valence-corrected chi connectivity index (χ4v) is 0.918. The van der Waals surface area contributed by atoms with Crippen molar-refractivity contribution < 1.29 is 0 Å². The molecule has 0 spiro atoms. The highest BCUT2D eigenvalue weighted by atomic mass is 31.0. The minimum atomic E-state index is 0. The van der Waals surface area contributed by atoms with E-state index in [-0.39, 0.29) is 15.3 Å². The van der Waals surface area contributed by atoms with Crippen molar-refractivity contribution in [3.63, 3.8) is 0 Å². The van der Waals surface area contributed by atoms with Gasteiger partial charge in [0.2, 0.25) is 0 Å². The molecule has 1 nitrogen and oxygen atoms in total. The van der Waals surface area contributed by atoms with Gasteiger partial charge < -0.3 is 0 Å². The van der Waals surface area contributed by atoms with Crippen LogP contribution in [0.2, 0.25) is 0 Å². The predicted octanol–water partition coefficient (Wildman–Crippen LogP) is 4.67. The molecule has 0 radical (unpaired) electrons. The lowest BCUT2D eigenvalue weighted by molar-refractivity contribution is 0.447. The molecule has 0 heterocycles. The van der Waals surface area contributed by atoms with Crippen LogP contribution in [0.15, 0.2) is 29.9 Å². The minimum Gasteiger partial charge on any atom is -0.262 e. The maximum Gasteiger partial charge on any atom is 0.0403 e. The second-order valence-electron chi connectivity index (χ2n) is 3.61. The predicted molar refractivity (Wildman–Crippen MR) is 79.0 cm³/mol. The Kier molecular flexibility index (Phi) is 13.5. The molecule has 0 aromatic carbocycles. The van der Waals surface area contributed by atoms with Gasteiger partial charge in [0.05, 0.1) is 0 Å². The minimum absolute atomic E-state index is 0. The van der Waals surface area contributed by atoms with Crippen LogP contribution in [0.3, 0.4) is 0 Å². The quantitative estimate of drug-likeness (QED) is 0.491. The molecule has 0 N–H and O–H groups in total. The Labute approximate surface area is 99.4 Å². The van der Waals surface area contributed by atoms with Gasteiger partial charge in [-0.1, -0.05) is 47.8 Å². The Bertz CT molecular complexity index is 215. The van der Waals surface area contributed by atoms with Crippen molar-refractivity contribution in [2.45, 2.75) is 48.0 Å². The van der Waals surface area contributed by atoms with Crippen LogP contribution in [0.4, 0.5) is 0 Å². The van der Waals surface area contributed by atoms with Crippen molar-refractivity contribution >= 4 is 15.6 Å². The van der Waals surface area contributed by atoms with E-state index in [4.69, 9.17) is 0 Å². The number of nitrogens with zero attached hydrogens (tertiary/aromatic N) is 1. The molecular weight excluding hydrogens is 201 g/mol. The van der Waals surface area contributed by atoms with Crippen LogP contribution in [0.5, 0.6) is 0 Å². The molecule has 0 aromatic heterocycles. The fourth-order valence-electron chi connectivity index (χ4n) is 0.918. The molecule has 0 aromatic rings. The molecule has 0 aliphatic rings. The Morgan fingerprint density at radius 3 is 2.00 bits per heavy atom. The number of rotatable bonds is 4. The Balaban J connectivity index is -0.000000449. The lowest BCUT2D eigenvalue weighted by atomic mass is 9.80. The van der Waals surface area contributed by atoms with E-state index < -0.39 is 0 Å². The van der Waals surface area contributed by atoms with E-state index in [0.717, 1.165) is 17.7 Å². The van der Waals surface area contributed by atoms with Crippen molar-refractivity contribution in [1.82, 2.24) is 0 Å². The first kappa shape index (κ1) is 20.1. The van der Waals surface area contributed by atoms with E-state index in [0.29, 0.717) is 0 Å². The molecule has 2 heteroatoms. The van der Waals surface area contributed by atoms with Crippen LogP contribution in [0, 0.1) is 5.41 Å². The van der Waals surface area contributed by atoms with Crippen molar-refractivity contribution in [1.29, 1.82) is 0 Å². The van der Waals surface area contributed by atoms with E-state index in [9.17, 15) is 0 Å². The van der Waals surface area contributed by atoms with Crippen LogP contribution >= 0.6 is 9.90 Å². The van der Waals surface area contributed by atoms with Crippen molar-refractivity contribution in [2.75, 3.05) is 0 Å². The summed E-state index contributed by atoms with van der Waals surface area (Å²) in [5.74, 6) is 0. The highest BCUT2D eigenvalue weighted by molar-refractivity contribution is 6.92. The molecule has 0 aliphatic heterocycles. The average molecular weight is 229 g/mol. The van der Waals surface area contributed by atoms with E-state index >= 15 is 0 Å². The van der Waals surface area contributed by atoms with Gasteiger partial charge in [0.25, 0.3) is 0 Å². The SMILES string of the molecule is C=CN=C(C)C(=C)C(C)(C)CC.CC.P. The third-order valence-electron chi connectivity index (χ3n) is 2.42. The Morgan fingerprint density at radius 2 is 1.73 bits per heavy atom. The molecule has 0 saturated carbocycles. The van der Waals surface area contributed by atoms with Crippen LogP contribution in [-0.4, -0.2) is 5.71 Å². The molecule has 15 heavy (non-hydrogen) atoms. The number of allylic oxidation sites excluding steroid dienone is 1. The van der Waals surface area contributed by atoms with Crippen molar-refractivity contribution in [2.24, 2.45) is 10.4 Å². The van der Waals surface area contributed by atoms with Crippen molar-refractivity contribution in [3.05, 3.63) is 24.9 Å². The van der Waals surface area contributed by atoms with Gasteiger partial charge >= 0.3 is 0 Å². The van der Waals surface area contributed by atoms with Gasteiger partial charge in [0.15, 0.2) is 0 Å². The zero-order chi connectivity index (χ0) is 11.8. The van der Waals surface area contributed by atoms with Crippen LogP contribution in [-0.2, 0) is 0 Å². The summed E-state index contributed by atoms with van der Waals surface area (Å²) in [7, 11) is 0. The first-order valence-electron chi connectivity index (χ1n) is 5.30. The Hall–Kier alpha value is -0.420. The second-order valence-corrected chi connectivity index (χ2v) is 3.61. The molecular formula is C13H28NP. The van der Waals surface area contributed by atoms with Crippen LogP contribution < -0.4 is 0 Å². The Morgan fingerprint density at radius 1 is 1.33 bits per heavy atom. The van der Waals surface area contributed by atoms with Crippen LogP contribution in [0.25, 0.3) is 0 Å². The smallest absolute Gasteiger partial charge is 0.0403 e. The van der Waals surface area contributed by atoms with Gasteiger partial charge in [-0.3, -0.25) is 4.99 Å². The fraction of sp³-hybridized carbons (Fsp3) is 0.615. The topological polar surface area (TPSA) is 12.4 Å². The summed E-state index contributed by atoms with van der Waals surface area (Å²) in [4.78, 5) is 4.12. The number of aliphatic imine (C=N–C) groups is 1. The summed E-state index contributed by atoms with van der Waals surface area (Å²) in [5.41, 5.74) is 2.23. The summed E-state index contributed by atoms with van der Waals surface area (Å²) in [6.07, 6.45) is 2.64. The third-order valence-corrected chi connectivity index (χ3v) is 2.42. The summed E-state index contributed by atoms with van der Waals surface area (Å²) in [6, 6.07) is 0. The average Bonchev–Trinajstić information content (AvgIpc) is 2.20. The first-order valence-corrected chi connectivity index (χ1v) is 5.30. The van der Waals surface area contributed by atoms with Gasteiger partial charge in [0, 0.05) is 11.9 Å². The third kappa shape index (κ3) is 7.50. The standard InChI is InChI=1S/C11H19N.C2H6.H3P/c1-7-11(5,6)9(3)10(4)12-8-2;1-2;/h8H,2-3,7H2,1,4-6H3;1-2H3;1H3. The lowest BCUT2D eigenvalue weighted by Gasteiger charge is -2.25. The maximum absolute atomic E-state index is 4.12. The van der Waals surface area contributed by atoms with E-state index in [1.54, 1.807) is 6.20 Å². The molecule has 0 rings (SSSR count). The highest BCUT2D eigenvalue weighted by Gasteiger charge is 2.20. The number of hydrogen-bond acceptors (Lipinski definition) is 1. The molecule has 90 valence electrons. The van der Waals surface area contributed by atoms with E-state index in [2.05, 4.69) is 38.9 Å². The van der Waals surface area contributed by atoms with E-state index in [1.165, 1.54) is 0 Å². The van der Waals surface area contributed by atoms with Crippen molar-refractivity contribution in [3.8, 4) is 0 Å². The van der Waals surface area contributed by atoms with Gasteiger partial charge in [-0.25, -0.2) is 0 Å². The normalized spacial score (nSPS) is 10.7. The summed E-state index contributed by atoms with van der Waals surface area (Å²) in [5, 5.41) is 0. The second kappa shape index (κ2) is 10.1. The molecule has 1 unspecified atom stereocenters. The van der Waals surface area contributed by atoms with Gasteiger partial charge in [-0.05, 0) is 24.3 Å².